The summed E-state index contributed by atoms with van der Waals surface area (Å²) in [6.45, 7) is 4.83. The highest BCUT2D eigenvalue weighted by Crippen LogP contribution is 2.15. The molecule has 0 spiro atoms. The molecule has 0 aliphatic heterocycles. The number of rotatable bonds is 45. The maximum atomic E-state index is 12.4. The minimum absolute atomic E-state index is 0.0258. The fourth-order valence-corrected chi connectivity index (χ4v) is 7.39. The van der Waals surface area contributed by atoms with Crippen LogP contribution in [0, 0.1) is 0 Å². The summed E-state index contributed by atoms with van der Waals surface area (Å²) in [5.41, 5.74) is 0. The van der Waals surface area contributed by atoms with Gasteiger partial charge in [0.2, 0.25) is 5.91 Å². The van der Waals surface area contributed by atoms with Crippen molar-refractivity contribution in [1.82, 2.24) is 5.32 Å². The molecule has 0 aromatic rings. The van der Waals surface area contributed by atoms with Crippen LogP contribution < -0.4 is 5.32 Å². The third-order valence-electron chi connectivity index (χ3n) is 11.2. The molecule has 0 fully saturated rings. The molecule has 0 aromatic heterocycles. The number of esters is 1. The third kappa shape index (κ3) is 42.0. The van der Waals surface area contributed by atoms with Gasteiger partial charge in [-0.25, -0.2) is 0 Å². The molecule has 0 aliphatic rings. The number of ether oxygens (including phenoxy) is 1. The van der Waals surface area contributed by atoms with Crippen LogP contribution in [-0.4, -0.2) is 47.4 Å². The van der Waals surface area contributed by atoms with Gasteiger partial charge in [-0.2, -0.15) is 0 Å². The van der Waals surface area contributed by atoms with E-state index in [1.165, 1.54) is 173 Å². The SMILES string of the molecule is CCCCC/C=C\CCCCCCCC(=O)OCCCCCCCCCCCCCC(=O)NC(CO)C(O)/C=C/CCCCCCCCCCCCCCCC. The van der Waals surface area contributed by atoms with Crippen LogP contribution in [0.1, 0.15) is 258 Å². The largest absolute Gasteiger partial charge is 0.466 e. The van der Waals surface area contributed by atoms with E-state index >= 15 is 0 Å². The lowest BCUT2D eigenvalue weighted by Gasteiger charge is -2.20. The van der Waals surface area contributed by atoms with Gasteiger partial charge < -0.3 is 20.3 Å². The van der Waals surface area contributed by atoms with E-state index in [2.05, 4.69) is 31.3 Å². The summed E-state index contributed by atoms with van der Waals surface area (Å²) in [6, 6.07) is -0.641. The Morgan fingerprint density at radius 1 is 0.482 bits per heavy atom. The first-order valence-electron chi connectivity index (χ1n) is 24.6. The molecule has 2 unspecified atom stereocenters. The summed E-state index contributed by atoms with van der Waals surface area (Å²) in [6.07, 6.45) is 53.1. The van der Waals surface area contributed by atoms with E-state index < -0.39 is 12.1 Å². The van der Waals surface area contributed by atoms with Gasteiger partial charge in [0, 0.05) is 12.8 Å². The van der Waals surface area contributed by atoms with Crippen molar-refractivity contribution < 1.29 is 24.5 Å². The van der Waals surface area contributed by atoms with Crippen molar-refractivity contribution in [3.05, 3.63) is 24.3 Å². The molecular formula is C50H95NO5. The highest BCUT2D eigenvalue weighted by Gasteiger charge is 2.18. The number of allylic oxidation sites excluding steroid dienone is 3. The summed E-state index contributed by atoms with van der Waals surface area (Å²) in [5, 5.41) is 23.0. The maximum Gasteiger partial charge on any atom is 0.305 e. The predicted octanol–water partition coefficient (Wildman–Crippen LogP) is 14.3. The van der Waals surface area contributed by atoms with Crippen LogP contribution in [0.5, 0.6) is 0 Å². The smallest absolute Gasteiger partial charge is 0.305 e. The van der Waals surface area contributed by atoms with Crippen molar-refractivity contribution in [2.45, 2.75) is 270 Å². The number of aliphatic hydroxyl groups is 2. The normalized spacial score (nSPS) is 12.9. The van der Waals surface area contributed by atoms with Gasteiger partial charge in [0.15, 0.2) is 0 Å². The topological polar surface area (TPSA) is 95.9 Å². The molecule has 0 aliphatic carbocycles. The molecule has 0 radical (unpaired) electrons. The van der Waals surface area contributed by atoms with Crippen molar-refractivity contribution in [3.8, 4) is 0 Å². The van der Waals surface area contributed by atoms with Crippen molar-refractivity contribution in [3.63, 3.8) is 0 Å². The molecule has 3 N–H and O–H groups in total. The van der Waals surface area contributed by atoms with E-state index in [1.807, 2.05) is 6.08 Å². The van der Waals surface area contributed by atoms with E-state index in [9.17, 15) is 19.8 Å². The van der Waals surface area contributed by atoms with Gasteiger partial charge in [-0.05, 0) is 57.8 Å². The van der Waals surface area contributed by atoms with Crippen LogP contribution in [0.15, 0.2) is 24.3 Å². The Bertz CT molecular complexity index is 874. The van der Waals surface area contributed by atoms with Crippen LogP contribution in [-0.2, 0) is 14.3 Å². The minimum atomic E-state index is -0.856. The zero-order valence-electron chi connectivity index (χ0n) is 37.4. The van der Waals surface area contributed by atoms with Crippen molar-refractivity contribution in [1.29, 1.82) is 0 Å². The zero-order valence-corrected chi connectivity index (χ0v) is 37.4. The number of carbonyl (C=O) groups excluding carboxylic acids is 2. The Balaban J connectivity index is 3.53. The number of amides is 1. The van der Waals surface area contributed by atoms with Crippen LogP contribution in [0.25, 0.3) is 0 Å². The molecule has 0 heterocycles. The molecule has 0 saturated heterocycles. The first-order valence-corrected chi connectivity index (χ1v) is 24.6. The molecular weight excluding hydrogens is 695 g/mol. The molecule has 6 heteroatoms. The molecule has 56 heavy (non-hydrogen) atoms. The predicted molar refractivity (Wildman–Crippen MR) is 241 cm³/mol. The minimum Gasteiger partial charge on any atom is -0.466 e. The van der Waals surface area contributed by atoms with E-state index in [0.717, 1.165) is 57.8 Å². The number of aliphatic hydroxyl groups excluding tert-OH is 2. The summed E-state index contributed by atoms with van der Waals surface area (Å²) >= 11 is 0. The van der Waals surface area contributed by atoms with E-state index in [-0.39, 0.29) is 18.5 Å². The fourth-order valence-electron chi connectivity index (χ4n) is 7.39. The summed E-state index contributed by atoms with van der Waals surface area (Å²) in [5.74, 6) is -0.113. The lowest BCUT2D eigenvalue weighted by Crippen LogP contribution is -2.45. The number of hydrogen-bond donors (Lipinski definition) is 3. The lowest BCUT2D eigenvalue weighted by molar-refractivity contribution is -0.143. The maximum absolute atomic E-state index is 12.4. The van der Waals surface area contributed by atoms with E-state index in [4.69, 9.17) is 4.74 Å². The average Bonchev–Trinajstić information content (AvgIpc) is 3.20. The van der Waals surface area contributed by atoms with Gasteiger partial charge in [-0.1, -0.05) is 212 Å². The molecule has 0 rings (SSSR count). The van der Waals surface area contributed by atoms with Crippen LogP contribution >= 0.6 is 0 Å². The van der Waals surface area contributed by atoms with Crippen LogP contribution in [0.4, 0.5) is 0 Å². The summed E-state index contributed by atoms with van der Waals surface area (Å²) < 4.78 is 5.43. The second-order valence-electron chi connectivity index (χ2n) is 16.8. The molecule has 2 atom stereocenters. The number of carbonyl (C=O) groups is 2. The van der Waals surface area contributed by atoms with E-state index in [0.29, 0.717) is 19.4 Å². The monoisotopic (exact) mass is 790 g/mol. The highest BCUT2D eigenvalue weighted by atomic mass is 16.5. The van der Waals surface area contributed by atoms with Crippen molar-refractivity contribution >= 4 is 11.9 Å². The molecule has 0 saturated carbocycles. The first-order chi connectivity index (χ1) is 27.5. The Labute approximate surface area is 348 Å². The van der Waals surface area contributed by atoms with Gasteiger partial charge >= 0.3 is 5.97 Å². The second-order valence-corrected chi connectivity index (χ2v) is 16.8. The van der Waals surface area contributed by atoms with Gasteiger partial charge in [0.25, 0.3) is 0 Å². The van der Waals surface area contributed by atoms with Crippen molar-refractivity contribution in [2.75, 3.05) is 13.2 Å². The quantitative estimate of drug-likeness (QED) is 0.0324. The highest BCUT2D eigenvalue weighted by molar-refractivity contribution is 5.76. The molecule has 0 aromatic carbocycles. The average molecular weight is 790 g/mol. The third-order valence-corrected chi connectivity index (χ3v) is 11.2. The number of unbranched alkanes of at least 4 members (excludes halogenated alkanes) is 32. The number of nitrogens with one attached hydrogen (secondary N) is 1. The Morgan fingerprint density at radius 3 is 1.30 bits per heavy atom. The molecule has 1 amide bonds. The van der Waals surface area contributed by atoms with Gasteiger partial charge in [0.05, 0.1) is 25.4 Å². The van der Waals surface area contributed by atoms with E-state index in [1.54, 1.807) is 6.08 Å². The second kappa shape index (κ2) is 46.0. The fraction of sp³-hybridized carbons (Fsp3) is 0.880. The Hall–Kier alpha value is -1.66. The van der Waals surface area contributed by atoms with Crippen LogP contribution in [0.2, 0.25) is 0 Å². The lowest BCUT2D eigenvalue weighted by atomic mass is 10.0. The molecule has 6 nitrogen and oxygen atoms in total. The van der Waals surface area contributed by atoms with Crippen molar-refractivity contribution in [2.24, 2.45) is 0 Å². The Kier molecular flexibility index (Phi) is 44.7. The number of hydrogen-bond acceptors (Lipinski definition) is 5. The Morgan fingerprint density at radius 2 is 0.839 bits per heavy atom. The molecule has 330 valence electrons. The van der Waals surface area contributed by atoms with Crippen LogP contribution in [0.3, 0.4) is 0 Å². The standard InChI is InChI=1S/C50H95NO5/c1-3-5-7-9-11-13-15-17-18-19-20-22-26-30-34-38-42-48(53)47(46-52)51-49(54)43-39-35-31-27-23-21-25-29-33-37-41-45-56-50(55)44-40-36-32-28-24-16-14-12-10-8-6-4-2/h12,14,38,42,47-48,52-53H,3-11,13,15-37,39-41,43-46H2,1-2H3,(H,51,54)/b14-12-,42-38+. The zero-order chi connectivity index (χ0) is 40.8. The first kappa shape index (κ1) is 54.3. The molecule has 0 bridgehead atoms. The summed E-state index contributed by atoms with van der Waals surface area (Å²) in [7, 11) is 0. The summed E-state index contributed by atoms with van der Waals surface area (Å²) in [4.78, 5) is 24.4. The van der Waals surface area contributed by atoms with Gasteiger partial charge in [0.1, 0.15) is 0 Å². The van der Waals surface area contributed by atoms with Gasteiger partial charge in [-0.15, -0.1) is 0 Å². The van der Waals surface area contributed by atoms with Gasteiger partial charge in [-0.3, -0.25) is 9.59 Å².